The van der Waals surface area contributed by atoms with Crippen LogP contribution in [0.1, 0.15) is 6.92 Å². The van der Waals surface area contributed by atoms with Crippen LogP contribution in [-0.2, 0) is 0 Å². The Balaban J connectivity index is 2.47. The number of nitrogens with zero attached hydrogens (tertiary/aromatic N) is 1. The SMILES string of the molecule is C/C=C/CSc1ccc(N)nc1. The van der Waals surface area contributed by atoms with Crippen molar-refractivity contribution >= 4 is 17.6 Å². The van der Waals surface area contributed by atoms with Crippen molar-refractivity contribution in [2.75, 3.05) is 11.5 Å². The largest absolute Gasteiger partial charge is 0.384 e. The van der Waals surface area contributed by atoms with Gasteiger partial charge >= 0.3 is 0 Å². The van der Waals surface area contributed by atoms with Crippen LogP contribution in [0.3, 0.4) is 0 Å². The van der Waals surface area contributed by atoms with Gasteiger partial charge in [-0.2, -0.15) is 0 Å². The van der Waals surface area contributed by atoms with Crippen molar-refractivity contribution in [1.29, 1.82) is 0 Å². The highest BCUT2D eigenvalue weighted by Crippen LogP contribution is 2.16. The van der Waals surface area contributed by atoms with Crippen LogP contribution < -0.4 is 5.73 Å². The maximum Gasteiger partial charge on any atom is 0.123 e. The fourth-order valence-corrected chi connectivity index (χ4v) is 1.49. The quantitative estimate of drug-likeness (QED) is 0.573. The molecule has 0 fully saturated rings. The van der Waals surface area contributed by atoms with E-state index in [1.165, 1.54) is 0 Å². The predicted octanol–water partition coefficient (Wildman–Crippen LogP) is 2.33. The number of allylic oxidation sites excluding steroid dienone is 1. The van der Waals surface area contributed by atoms with Crippen LogP contribution in [0.2, 0.25) is 0 Å². The highest BCUT2D eigenvalue weighted by atomic mass is 32.2. The number of hydrogen-bond donors (Lipinski definition) is 1. The molecule has 0 aliphatic rings. The summed E-state index contributed by atoms with van der Waals surface area (Å²) in [5.74, 6) is 1.56. The van der Waals surface area contributed by atoms with E-state index in [9.17, 15) is 0 Å². The average Bonchev–Trinajstić information content (AvgIpc) is 2.09. The Kier molecular flexibility index (Phi) is 3.67. The second kappa shape index (κ2) is 4.83. The zero-order valence-corrected chi connectivity index (χ0v) is 7.84. The summed E-state index contributed by atoms with van der Waals surface area (Å²) in [7, 11) is 0. The van der Waals surface area contributed by atoms with E-state index in [2.05, 4.69) is 11.1 Å². The van der Waals surface area contributed by atoms with Crippen molar-refractivity contribution in [2.24, 2.45) is 0 Å². The first-order chi connectivity index (χ1) is 5.83. The Morgan fingerprint density at radius 3 is 3.00 bits per heavy atom. The number of thioether (sulfide) groups is 1. The van der Waals surface area contributed by atoms with Crippen LogP contribution in [0.25, 0.3) is 0 Å². The lowest BCUT2D eigenvalue weighted by Gasteiger charge is -1.97. The molecule has 1 heterocycles. The molecule has 64 valence electrons. The Hall–Kier alpha value is -0.960. The van der Waals surface area contributed by atoms with E-state index >= 15 is 0 Å². The van der Waals surface area contributed by atoms with E-state index in [1.54, 1.807) is 18.0 Å². The first-order valence-electron chi connectivity index (χ1n) is 3.78. The molecule has 1 aromatic rings. The molecule has 0 amide bonds. The number of hydrogen-bond acceptors (Lipinski definition) is 3. The van der Waals surface area contributed by atoms with Crippen LogP contribution in [0.4, 0.5) is 5.82 Å². The molecule has 12 heavy (non-hydrogen) atoms. The molecule has 1 aromatic heterocycles. The standard InChI is InChI=1S/C9H12N2S/c1-2-3-6-12-8-4-5-9(10)11-7-8/h2-5,7H,6H2,1H3,(H2,10,11)/b3-2+. The first-order valence-corrected chi connectivity index (χ1v) is 4.77. The van der Waals surface area contributed by atoms with Crippen LogP contribution in [0.15, 0.2) is 35.4 Å². The fourth-order valence-electron chi connectivity index (χ4n) is 0.718. The van der Waals surface area contributed by atoms with Gasteiger partial charge in [-0.15, -0.1) is 11.8 Å². The molecule has 0 saturated heterocycles. The summed E-state index contributed by atoms with van der Waals surface area (Å²) in [6, 6.07) is 3.80. The zero-order chi connectivity index (χ0) is 8.81. The van der Waals surface area contributed by atoms with Crippen LogP contribution in [0, 0.1) is 0 Å². The molecular formula is C9H12N2S. The molecule has 0 radical (unpaired) electrons. The van der Waals surface area contributed by atoms with Crippen LogP contribution >= 0.6 is 11.8 Å². The molecule has 0 aromatic carbocycles. The maximum atomic E-state index is 5.45. The topological polar surface area (TPSA) is 38.9 Å². The van der Waals surface area contributed by atoms with Crippen molar-refractivity contribution in [3.05, 3.63) is 30.5 Å². The number of nitrogen functional groups attached to an aromatic ring is 1. The van der Waals surface area contributed by atoms with E-state index in [1.807, 2.05) is 25.1 Å². The van der Waals surface area contributed by atoms with Gasteiger partial charge in [-0.3, -0.25) is 0 Å². The Morgan fingerprint density at radius 1 is 1.58 bits per heavy atom. The predicted molar refractivity (Wildman–Crippen MR) is 54.2 cm³/mol. The van der Waals surface area contributed by atoms with Crippen molar-refractivity contribution in [3.8, 4) is 0 Å². The molecule has 1 rings (SSSR count). The van der Waals surface area contributed by atoms with Crippen molar-refractivity contribution in [3.63, 3.8) is 0 Å². The summed E-state index contributed by atoms with van der Waals surface area (Å²) in [6.45, 7) is 2.02. The third-order valence-corrected chi connectivity index (χ3v) is 2.28. The fraction of sp³-hybridized carbons (Fsp3) is 0.222. The normalized spacial score (nSPS) is 10.8. The Bertz CT molecular complexity index is 254. The highest BCUT2D eigenvalue weighted by Gasteiger charge is 1.91. The van der Waals surface area contributed by atoms with Gasteiger partial charge in [0.2, 0.25) is 0 Å². The molecular weight excluding hydrogens is 168 g/mol. The average molecular weight is 180 g/mol. The number of anilines is 1. The summed E-state index contributed by atoms with van der Waals surface area (Å²) in [5, 5.41) is 0. The van der Waals surface area contributed by atoms with Crippen LogP contribution in [-0.4, -0.2) is 10.7 Å². The highest BCUT2D eigenvalue weighted by molar-refractivity contribution is 7.99. The summed E-state index contributed by atoms with van der Waals surface area (Å²) >= 11 is 1.75. The molecule has 0 atom stereocenters. The van der Waals surface area contributed by atoms with E-state index in [-0.39, 0.29) is 0 Å². The molecule has 0 spiro atoms. The summed E-state index contributed by atoms with van der Waals surface area (Å²) in [6.07, 6.45) is 5.95. The second-order valence-electron chi connectivity index (χ2n) is 2.30. The van der Waals surface area contributed by atoms with Gasteiger partial charge in [-0.05, 0) is 19.1 Å². The van der Waals surface area contributed by atoms with Crippen LogP contribution in [0.5, 0.6) is 0 Å². The van der Waals surface area contributed by atoms with E-state index in [4.69, 9.17) is 5.73 Å². The van der Waals surface area contributed by atoms with Gasteiger partial charge in [0.25, 0.3) is 0 Å². The monoisotopic (exact) mass is 180 g/mol. The Labute approximate surface area is 76.9 Å². The van der Waals surface area contributed by atoms with Gasteiger partial charge in [0.15, 0.2) is 0 Å². The third kappa shape index (κ3) is 2.96. The lowest BCUT2D eigenvalue weighted by atomic mass is 10.5. The van der Waals surface area contributed by atoms with Gasteiger partial charge in [0, 0.05) is 16.8 Å². The van der Waals surface area contributed by atoms with E-state index in [0.717, 1.165) is 10.6 Å². The zero-order valence-electron chi connectivity index (χ0n) is 7.03. The molecule has 2 nitrogen and oxygen atoms in total. The summed E-state index contributed by atoms with van der Waals surface area (Å²) in [4.78, 5) is 5.15. The molecule has 0 aliphatic heterocycles. The summed E-state index contributed by atoms with van der Waals surface area (Å²) in [5.41, 5.74) is 5.45. The molecule has 3 heteroatoms. The number of nitrogens with two attached hydrogens (primary N) is 1. The third-order valence-electron chi connectivity index (χ3n) is 1.34. The minimum Gasteiger partial charge on any atom is -0.384 e. The molecule has 0 aliphatic carbocycles. The van der Waals surface area contributed by atoms with Gasteiger partial charge in [-0.1, -0.05) is 12.2 Å². The van der Waals surface area contributed by atoms with Gasteiger partial charge < -0.3 is 5.73 Å². The lowest BCUT2D eigenvalue weighted by Crippen LogP contribution is -1.87. The Morgan fingerprint density at radius 2 is 2.42 bits per heavy atom. The minimum absolute atomic E-state index is 0.574. The number of rotatable bonds is 3. The van der Waals surface area contributed by atoms with E-state index < -0.39 is 0 Å². The molecule has 0 unspecified atom stereocenters. The van der Waals surface area contributed by atoms with Gasteiger partial charge in [0.05, 0.1) is 0 Å². The smallest absolute Gasteiger partial charge is 0.123 e. The molecule has 0 saturated carbocycles. The first kappa shape index (κ1) is 9.13. The van der Waals surface area contributed by atoms with Gasteiger partial charge in [0.1, 0.15) is 5.82 Å². The van der Waals surface area contributed by atoms with Crippen molar-refractivity contribution in [2.45, 2.75) is 11.8 Å². The molecule has 2 N–H and O–H groups in total. The number of aromatic nitrogens is 1. The van der Waals surface area contributed by atoms with E-state index in [0.29, 0.717) is 5.82 Å². The molecule has 0 bridgehead atoms. The van der Waals surface area contributed by atoms with Gasteiger partial charge in [-0.25, -0.2) is 4.98 Å². The second-order valence-corrected chi connectivity index (χ2v) is 3.39. The lowest BCUT2D eigenvalue weighted by molar-refractivity contribution is 1.25. The maximum absolute atomic E-state index is 5.45. The van der Waals surface area contributed by atoms with Crippen molar-refractivity contribution in [1.82, 2.24) is 4.98 Å². The van der Waals surface area contributed by atoms with Crippen molar-refractivity contribution < 1.29 is 0 Å². The number of pyridine rings is 1. The summed E-state index contributed by atoms with van der Waals surface area (Å²) < 4.78 is 0. The minimum atomic E-state index is 0.574.